The van der Waals surface area contributed by atoms with Gasteiger partial charge < -0.3 is 5.32 Å². The highest BCUT2D eigenvalue weighted by Crippen LogP contribution is 2.15. The molecule has 1 aliphatic heterocycles. The van der Waals surface area contributed by atoms with Gasteiger partial charge in [0.25, 0.3) is 11.6 Å². The Kier molecular flexibility index (Phi) is 2.47. The van der Waals surface area contributed by atoms with Gasteiger partial charge in [-0.15, -0.1) is 0 Å². The molecule has 16 heavy (non-hydrogen) atoms. The molecule has 1 aromatic carbocycles. The summed E-state index contributed by atoms with van der Waals surface area (Å²) in [6.45, 7) is 0. The molecule has 0 aliphatic carbocycles. The number of hydrogen-bond acceptors (Lipinski definition) is 4. The van der Waals surface area contributed by atoms with E-state index < -0.39 is 4.92 Å². The van der Waals surface area contributed by atoms with Gasteiger partial charge in [-0.05, 0) is 23.8 Å². The van der Waals surface area contributed by atoms with E-state index in [1.54, 1.807) is 18.2 Å². The van der Waals surface area contributed by atoms with E-state index in [4.69, 9.17) is 0 Å². The predicted molar refractivity (Wildman–Crippen MR) is 57.7 cm³/mol. The number of nitro groups is 1. The van der Waals surface area contributed by atoms with E-state index in [0.29, 0.717) is 5.56 Å². The first kappa shape index (κ1) is 10.0. The molecule has 0 bridgehead atoms. The van der Waals surface area contributed by atoms with Crippen LogP contribution in [0.25, 0.3) is 6.08 Å². The molecule has 0 saturated carbocycles. The summed E-state index contributed by atoms with van der Waals surface area (Å²) in [6.07, 6.45) is 2.86. The molecule has 0 saturated heterocycles. The van der Waals surface area contributed by atoms with Crippen LogP contribution in [0.2, 0.25) is 0 Å². The van der Waals surface area contributed by atoms with Crippen LogP contribution in [0.3, 0.4) is 0 Å². The van der Waals surface area contributed by atoms with Gasteiger partial charge >= 0.3 is 0 Å². The molecule has 0 aromatic heterocycles. The molecule has 1 heterocycles. The molecule has 0 unspecified atom stereocenters. The SMILES string of the molecule is O=C1NC=N/C1=C/c1ccc([N+](=O)[O-])cc1. The van der Waals surface area contributed by atoms with Gasteiger partial charge in [0.1, 0.15) is 5.70 Å². The van der Waals surface area contributed by atoms with E-state index in [0.717, 1.165) is 0 Å². The van der Waals surface area contributed by atoms with Gasteiger partial charge in [-0.3, -0.25) is 14.9 Å². The van der Waals surface area contributed by atoms with E-state index in [1.807, 2.05) is 0 Å². The minimum atomic E-state index is -0.475. The number of carbonyl (C=O) groups excluding carboxylic acids is 1. The Morgan fingerprint density at radius 2 is 2.00 bits per heavy atom. The highest BCUT2D eigenvalue weighted by Gasteiger charge is 2.12. The molecule has 80 valence electrons. The van der Waals surface area contributed by atoms with Crippen molar-refractivity contribution < 1.29 is 9.72 Å². The maximum absolute atomic E-state index is 11.1. The fraction of sp³-hybridized carbons (Fsp3) is 0. The third kappa shape index (κ3) is 1.95. The van der Waals surface area contributed by atoms with Gasteiger partial charge in [0.2, 0.25) is 0 Å². The lowest BCUT2D eigenvalue weighted by Gasteiger charge is -1.94. The van der Waals surface area contributed by atoms with Gasteiger partial charge in [0.05, 0.1) is 11.3 Å². The number of nitrogens with one attached hydrogen (secondary N) is 1. The molecule has 0 spiro atoms. The predicted octanol–water partition coefficient (Wildman–Crippen LogP) is 1.09. The first-order valence-corrected chi connectivity index (χ1v) is 4.46. The molecule has 2 rings (SSSR count). The van der Waals surface area contributed by atoms with Crippen molar-refractivity contribution in [2.45, 2.75) is 0 Å². The normalized spacial score (nSPS) is 16.5. The minimum absolute atomic E-state index is 0.0153. The van der Waals surface area contributed by atoms with E-state index in [2.05, 4.69) is 10.3 Å². The lowest BCUT2D eigenvalue weighted by atomic mass is 10.2. The quantitative estimate of drug-likeness (QED) is 0.457. The summed E-state index contributed by atoms with van der Waals surface area (Å²) in [7, 11) is 0. The van der Waals surface area contributed by atoms with Gasteiger partial charge in [-0.2, -0.15) is 0 Å². The van der Waals surface area contributed by atoms with Crippen molar-refractivity contribution in [3.63, 3.8) is 0 Å². The first-order valence-electron chi connectivity index (χ1n) is 4.46. The highest BCUT2D eigenvalue weighted by molar-refractivity contribution is 6.08. The molecule has 6 nitrogen and oxygen atoms in total. The summed E-state index contributed by atoms with van der Waals surface area (Å²) >= 11 is 0. The Morgan fingerprint density at radius 1 is 1.31 bits per heavy atom. The Morgan fingerprint density at radius 3 is 2.50 bits per heavy atom. The molecule has 1 aliphatic rings. The van der Waals surface area contributed by atoms with Crippen LogP contribution in [-0.2, 0) is 4.79 Å². The monoisotopic (exact) mass is 217 g/mol. The molecular weight excluding hydrogens is 210 g/mol. The van der Waals surface area contributed by atoms with Crippen molar-refractivity contribution in [2.75, 3.05) is 0 Å². The number of nitro benzene ring substituents is 1. The third-order valence-corrected chi connectivity index (χ3v) is 2.04. The van der Waals surface area contributed by atoms with Crippen LogP contribution in [-0.4, -0.2) is 17.2 Å². The number of rotatable bonds is 2. The molecule has 1 aromatic rings. The highest BCUT2D eigenvalue weighted by atomic mass is 16.6. The van der Waals surface area contributed by atoms with Gasteiger partial charge in [0.15, 0.2) is 0 Å². The van der Waals surface area contributed by atoms with Crippen LogP contribution in [0.15, 0.2) is 35.0 Å². The number of amides is 1. The number of nitrogens with zero attached hydrogens (tertiary/aromatic N) is 2. The molecular formula is C10H7N3O3. The van der Waals surface area contributed by atoms with Crippen LogP contribution in [0.1, 0.15) is 5.56 Å². The number of aliphatic imine (C=N–C) groups is 1. The second-order valence-electron chi connectivity index (χ2n) is 3.11. The van der Waals surface area contributed by atoms with Crippen molar-refractivity contribution in [3.05, 3.63) is 45.6 Å². The van der Waals surface area contributed by atoms with Gasteiger partial charge in [-0.1, -0.05) is 0 Å². The van der Waals surface area contributed by atoms with Gasteiger partial charge in [-0.25, -0.2) is 4.99 Å². The Hall–Kier alpha value is -2.50. The van der Waals surface area contributed by atoms with Crippen molar-refractivity contribution in [2.24, 2.45) is 4.99 Å². The summed E-state index contributed by atoms with van der Waals surface area (Å²) in [6, 6.07) is 5.88. The summed E-state index contributed by atoms with van der Waals surface area (Å²) in [4.78, 5) is 24.9. The van der Waals surface area contributed by atoms with E-state index in [9.17, 15) is 14.9 Å². The minimum Gasteiger partial charge on any atom is -0.311 e. The molecule has 0 atom stereocenters. The Bertz CT molecular complexity index is 503. The van der Waals surface area contributed by atoms with Gasteiger partial charge in [0, 0.05) is 12.1 Å². The first-order chi connectivity index (χ1) is 7.66. The number of hydrogen-bond donors (Lipinski definition) is 1. The van der Waals surface area contributed by atoms with Crippen molar-refractivity contribution in [3.8, 4) is 0 Å². The largest absolute Gasteiger partial charge is 0.311 e. The number of benzene rings is 1. The zero-order chi connectivity index (χ0) is 11.5. The van der Waals surface area contributed by atoms with Crippen LogP contribution >= 0.6 is 0 Å². The lowest BCUT2D eigenvalue weighted by molar-refractivity contribution is -0.384. The van der Waals surface area contributed by atoms with Crippen LogP contribution in [0.5, 0.6) is 0 Å². The fourth-order valence-electron chi connectivity index (χ4n) is 1.25. The van der Waals surface area contributed by atoms with E-state index in [-0.39, 0.29) is 17.3 Å². The molecule has 0 radical (unpaired) electrons. The van der Waals surface area contributed by atoms with Crippen LogP contribution < -0.4 is 5.32 Å². The zero-order valence-electron chi connectivity index (χ0n) is 8.08. The van der Waals surface area contributed by atoms with Crippen molar-refractivity contribution >= 4 is 24.0 Å². The third-order valence-electron chi connectivity index (χ3n) is 2.04. The van der Waals surface area contributed by atoms with Crippen LogP contribution in [0.4, 0.5) is 5.69 Å². The number of carbonyl (C=O) groups is 1. The molecule has 1 N–H and O–H groups in total. The van der Waals surface area contributed by atoms with E-state index in [1.165, 1.54) is 18.5 Å². The topological polar surface area (TPSA) is 84.6 Å². The standard InChI is InChI=1S/C10H7N3O3/c14-10-9(11-6-12-10)5-7-1-3-8(4-2-7)13(15)16/h1-6H,(H,11,12,14)/b9-5+. The lowest BCUT2D eigenvalue weighted by Crippen LogP contribution is -2.14. The summed E-state index contributed by atoms with van der Waals surface area (Å²) in [5, 5.41) is 12.8. The number of non-ortho nitro benzene ring substituents is 1. The Labute approximate surface area is 90.5 Å². The Balaban J connectivity index is 2.26. The average Bonchev–Trinajstić information content (AvgIpc) is 2.65. The maximum atomic E-state index is 11.1. The summed E-state index contributed by atoms with van der Waals surface area (Å²) in [5.41, 5.74) is 0.991. The van der Waals surface area contributed by atoms with Crippen LogP contribution in [0, 0.1) is 10.1 Å². The zero-order valence-corrected chi connectivity index (χ0v) is 8.08. The second-order valence-corrected chi connectivity index (χ2v) is 3.11. The van der Waals surface area contributed by atoms with E-state index >= 15 is 0 Å². The second kappa shape index (κ2) is 3.93. The van der Waals surface area contributed by atoms with Crippen molar-refractivity contribution in [1.29, 1.82) is 0 Å². The molecule has 1 amide bonds. The summed E-state index contributed by atoms with van der Waals surface area (Å²) in [5.74, 6) is -0.279. The fourth-order valence-corrected chi connectivity index (χ4v) is 1.25. The molecule has 0 fully saturated rings. The molecule has 6 heteroatoms. The average molecular weight is 217 g/mol. The summed E-state index contributed by atoms with van der Waals surface area (Å²) < 4.78 is 0. The maximum Gasteiger partial charge on any atom is 0.275 e. The van der Waals surface area contributed by atoms with Crippen molar-refractivity contribution in [1.82, 2.24) is 5.32 Å². The smallest absolute Gasteiger partial charge is 0.275 e.